The third-order valence-corrected chi connectivity index (χ3v) is 20.4. The van der Waals surface area contributed by atoms with Crippen LogP contribution in [-0.4, -0.2) is 199 Å². The van der Waals surface area contributed by atoms with Crippen molar-refractivity contribution in [1.82, 2.24) is 58.2 Å². The molecule has 36 heteroatoms. The lowest BCUT2D eigenvalue weighted by molar-refractivity contribution is -0.135. The van der Waals surface area contributed by atoms with Crippen LogP contribution < -0.4 is 111 Å². The Morgan fingerprint density at radius 2 is 0.956 bits per heavy atom. The molecule has 1 aromatic carbocycles. The summed E-state index contributed by atoms with van der Waals surface area (Å²) in [6.45, 7) is 9.56. The highest BCUT2D eigenvalue weighted by Crippen LogP contribution is 2.29. The van der Waals surface area contributed by atoms with Gasteiger partial charge in [0, 0.05) is 62.0 Å². The number of nitrogens with zero attached hydrogens (tertiary/aromatic N) is 3. The van der Waals surface area contributed by atoms with E-state index in [1.165, 1.54) is 32.1 Å². The van der Waals surface area contributed by atoms with Crippen molar-refractivity contribution in [3.63, 3.8) is 0 Å². The molecular weight excluding hydrogens is 1450 g/mol. The SMILES string of the molecule is CCCCCCCCCCCN[C@@H](CC1CCCCC1)[C@H](O)N[C@@H](CCC(N)=O)C(=O)N[C@@H](Cc1c[nH]c2ccccc12)C(=O)N[C@@H](CCC(N)=O)C(=O)N[C@@H](CCCN=C(N)N)C(=O)CN[C@H](C(=O)N[C@@H](CCCN=C(N)N)C(=O)N[C@@H](CCCCN)C(=O)N[C@H](C(=O)N[C@@H](CCCN=C(N)N)C(N)=O)C(C)C)[C@@H](C)CC. The zero-order valence-electron chi connectivity index (χ0n) is 67.5. The van der Waals surface area contributed by atoms with Gasteiger partial charge >= 0.3 is 0 Å². The van der Waals surface area contributed by atoms with Gasteiger partial charge in [0.2, 0.25) is 59.1 Å². The number of primary amides is 3. The van der Waals surface area contributed by atoms with Gasteiger partial charge in [-0.2, -0.15) is 0 Å². The fraction of sp³-hybridized carbons (Fsp3) is 0.714. The number of aliphatic hydroxyl groups excluding tert-OH is 1. The van der Waals surface area contributed by atoms with Crippen LogP contribution in [0.15, 0.2) is 45.4 Å². The van der Waals surface area contributed by atoms with Crippen LogP contribution in [0.2, 0.25) is 0 Å². The van der Waals surface area contributed by atoms with E-state index < -0.39 is 156 Å². The first kappa shape index (κ1) is 97.9. The van der Waals surface area contributed by atoms with Crippen LogP contribution in [0.3, 0.4) is 0 Å². The van der Waals surface area contributed by atoms with Crippen molar-refractivity contribution < 1.29 is 57.8 Å². The van der Waals surface area contributed by atoms with Gasteiger partial charge in [0.1, 0.15) is 42.5 Å². The summed E-state index contributed by atoms with van der Waals surface area (Å²) in [6, 6.07) is -5.13. The molecule has 2 aromatic rings. The van der Waals surface area contributed by atoms with Crippen LogP contribution in [0, 0.1) is 17.8 Å². The molecule has 1 saturated carbocycles. The van der Waals surface area contributed by atoms with E-state index in [0.717, 1.165) is 63.3 Å². The topological polar surface area (TPSA) is 641 Å². The predicted octanol–water partition coefficient (Wildman–Crippen LogP) is -0.624. The van der Waals surface area contributed by atoms with Crippen molar-refractivity contribution in [2.75, 3.05) is 39.3 Å². The van der Waals surface area contributed by atoms with Gasteiger partial charge in [-0.15, -0.1) is 0 Å². The number of carbonyl (C=O) groups is 11. The summed E-state index contributed by atoms with van der Waals surface area (Å²) >= 11 is 0. The number of ketones is 1. The Labute approximate surface area is 666 Å². The Morgan fingerprint density at radius 3 is 1.50 bits per heavy atom. The minimum atomic E-state index is -1.59. The molecule has 1 aromatic heterocycles. The number of H-pyrrole nitrogens is 1. The number of nitrogens with two attached hydrogens (primary N) is 10. The normalized spacial score (nSPS) is 15.5. The van der Waals surface area contributed by atoms with Crippen molar-refractivity contribution in [2.45, 2.75) is 294 Å². The van der Waals surface area contributed by atoms with Gasteiger partial charge in [-0.05, 0) is 126 Å². The Morgan fingerprint density at radius 1 is 0.496 bits per heavy atom. The number of aromatic nitrogens is 1. The smallest absolute Gasteiger partial charge is 0.243 e. The highest BCUT2D eigenvalue weighted by molar-refractivity contribution is 5.98. The van der Waals surface area contributed by atoms with Gasteiger partial charge in [-0.3, -0.25) is 78.4 Å². The lowest BCUT2D eigenvalue weighted by Crippen LogP contribution is -2.60. The first-order valence-electron chi connectivity index (χ1n) is 40.7. The third-order valence-electron chi connectivity index (χ3n) is 20.4. The molecule has 0 aliphatic heterocycles. The van der Waals surface area contributed by atoms with E-state index in [1.54, 1.807) is 40.0 Å². The number of aliphatic hydroxyl groups is 1. The van der Waals surface area contributed by atoms with E-state index in [0.29, 0.717) is 49.1 Å². The number of rotatable bonds is 62. The monoisotopic (exact) mass is 1590 g/mol. The summed E-state index contributed by atoms with van der Waals surface area (Å²) in [4.78, 5) is 170. The number of fused-ring (bicyclic) bond motifs is 1. The maximum absolute atomic E-state index is 15.1. The lowest BCUT2D eigenvalue weighted by Gasteiger charge is -2.33. The molecular formula is C77H138N24O12. The van der Waals surface area contributed by atoms with Crippen LogP contribution in [0.5, 0.6) is 0 Å². The summed E-state index contributed by atoms with van der Waals surface area (Å²) < 4.78 is 0. The van der Waals surface area contributed by atoms with Crippen molar-refractivity contribution in [3.8, 4) is 0 Å². The number of carbonyl (C=O) groups excluding carboxylic acids is 11. The molecule has 1 aliphatic rings. The third kappa shape index (κ3) is 39.9. The Kier molecular flexibility index (Phi) is 47.9. The quantitative estimate of drug-likeness (QED) is 0.0170. The highest BCUT2D eigenvalue weighted by Gasteiger charge is 2.38. The number of nitrogens with one attached hydrogen (secondary N) is 11. The fourth-order valence-electron chi connectivity index (χ4n) is 13.7. The average molecular weight is 1590 g/mol. The zero-order valence-corrected chi connectivity index (χ0v) is 67.5. The number of aromatic amines is 1. The Bertz CT molecular complexity index is 3340. The summed E-state index contributed by atoms with van der Waals surface area (Å²) in [6.07, 6.45) is 16.8. The van der Waals surface area contributed by atoms with E-state index in [1.807, 2.05) is 18.2 Å². The number of unbranched alkanes of at least 4 members (excludes halogenated alkanes) is 9. The largest absolute Gasteiger partial charge is 0.377 e. The van der Waals surface area contributed by atoms with Gasteiger partial charge in [-0.1, -0.05) is 143 Å². The number of hydrogen-bond acceptors (Lipinski definition) is 19. The maximum Gasteiger partial charge on any atom is 0.243 e. The van der Waals surface area contributed by atoms with E-state index in [9.17, 15) is 53.1 Å². The molecule has 638 valence electrons. The Hall–Kier alpha value is -9.26. The first-order chi connectivity index (χ1) is 53.9. The lowest BCUT2D eigenvalue weighted by atomic mass is 9.84. The molecule has 12 atom stereocenters. The number of amides is 10. The maximum atomic E-state index is 15.1. The molecule has 0 spiro atoms. The number of guanidine groups is 3. The fourth-order valence-corrected chi connectivity index (χ4v) is 13.7. The summed E-state index contributed by atoms with van der Waals surface area (Å²) in [5, 5.41) is 41.8. The van der Waals surface area contributed by atoms with Crippen LogP contribution in [0.25, 0.3) is 10.9 Å². The molecule has 3 rings (SSSR count). The summed E-state index contributed by atoms with van der Waals surface area (Å²) in [5.74, 6) is -10.0. The first-order valence-corrected chi connectivity index (χ1v) is 40.7. The van der Waals surface area contributed by atoms with Crippen LogP contribution in [-0.2, 0) is 59.2 Å². The predicted molar refractivity (Wildman–Crippen MR) is 438 cm³/mol. The second kappa shape index (κ2) is 55.2. The molecule has 32 N–H and O–H groups in total. The molecule has 1 heterocycles. The van der Waals surface area contributed by atoms with Gasteiger partial charge in [0.15, 0.2) is 23.7 Å². The number of hydrogen-bond donors (Lipinski definition) is 22. The number of Topliss-reactive ketones (excluding diaryl/α,β-unsaturated/α-hetero) is 1. The molecule has 0 bridgehead atoms. The molecule has 0 unspecified atom stereocenters. The summed E-state index contributed by atoms with van der Waals surface area (Å²) in [5.41, 5.74) is 57.6. The zero-order chi connectivity index (χ0) is 83.8. The number of benzene rings is 1. The number of para-hydroxylation sites is 1. The highest BCUT2D eigenvalue weighted by atomic mass is 16.3. The van der Waals surface area contributed by atoms with Crippen LogP contribution >= 0.6 is 0 Å². The van der Waals surface area contributed by atoms with Crippen molar-refractivity contribution >= 4 is 93.6 Å². The van der Waals surface area contributed by atoms with Gasteiger partial charge in [0.25, 0.3) is 0 Å². The standard InChI is InChI=1S/C77H138N24O12/c1-6-8-9-10-11-12-13-14-22-39-88-59(43-49-26-16-15-17-27-49)71(110)97-58(35-37-63(80)104)69(108)100-60(44-50-45-92-52-29-19-18-28-51(50)52)72(111)98-57(34-36-62(79)103)68(107)94-53(31-23-40-89-75(82)83)61(102)46-93-65(48(5)7-2)74(113)99-56(33-25-42-91-77(86)87)67(106)96-55(30-20-21-38-78)70(109)101-64(47(3)4)73(112)95-54(66(81)105)32-24-41-90-76(84)85/h18-19,28-29,45,47-49,53-60,64-65,71,88,92-93,97,110H,6-17,20-27,30-44,46,78H2,1-5H3,(H2,79,103)(H2,80,104)(H2,81,105)(H,94,107)(H,95,112)(H,96,106)(H,98,111)(H,99,113)(H,100,108)(H,101,109)(H4,82,83,89)(H4,84,85,90)(H4,86,87,91)/t48-,53-,54-,55-,56-,57-,58-,59-,60-,64-,65-,71-/m0/s1. The van der Waals surface area contributed by atoms with Gasteiger partial charge in [-0.25, -0.2) is 0 Å². The van der Waals surface area contributed by atoms with Crippen molar-refractivity contribution in [3.05, 3.63) is 36.0 Å². The van der Waals surface area contributed by atoms with Gasteiger partial charge < -0.3 is 110 Å². The molecule has 0 radical (unpaired) electrons. The average Bonchev–Trinajstić information content (AvgIpc) is 1.70. The van der Waals surface area contributed by atoms with E-state index in [-0.39, 0.29) is 115 Å². The summed E-state index contributed by atoms with van der Waals surface area (Å²) in [7, 11) is 0. The van der Waals surface area contributed by atoms with Crippen LogP contribution in [0.4, 0.5) is 0 Å². The van der Waals surface area contributed by atoms with E-state index >= 15 is 4.79 Å². The minimum absolute atomic E-state index is 0.00454. The van der Waals surface area contributed by atoms with E-state index in [2.05, 4.69) is 80.1 Å². The van der Waals surface area contributed by atoms with Crippen LogP contribution in [0.1, 0.15) is 226 Å². The van der Waals surface area contributed by atoms with Crippen molar-refractivity contribution in [1.29, 1.82) is 0 Å². The van der Waals surface area contributed by atoms with E-state index in [4.69, 9.17) is 57.3 Å². The molecule has 36 nitrogen and oxygen atoms in total. The molecule has 113 heavy (non-hydrogen) atoms. The second-order valence-electron chi connectivity index (χ2n) is 30.2. The van der Waals surface area contributed by atoms with Gasteiger partial charge in [0.05, 0.1) is 24.7 Å². The Balaban J connectivity index is 2.01. The molecule has 1 aliphatic carbocycles. The molecule has 0 saturated heterocycles. The number of aliphatic imine (C=N–C) groups is 3. The second-order valence-corrected chi connectivity index (χ2v) is 30.2. The molecule has 1 fully saturated rings. The van der Waals surface area contributed by atoms with Crippen molar-refractivity contribution in [2.24, 2.45) is 90.1 Å². The minimum Gasteiger partial charge on any atom is -0.377 e. The molecule has 10 amide bonds.